The molecule has 3 amide bonds. The van der Waals surface area contributed by atoms with Crippen LogP contribution < -0.4 is 10.6 Å². The molecule has 1 rings (SSSR count). The van der Waals surface area contributed by atoms with Gasteiger partial charge in [-0.2, -0.15) is 0 Å². The first-order valence-corrected chi connectivity index (χ1v) is 11.9. The highest BCUT2D eigenvalue weighted by atomic mass is 16.6. The number of ether oxygens (including phenoxy) is 1. The van der Waals surface area contributed by atoms with Crippen molar-refractivity contribution in [2.45, 2.75) is 92.0 Å². The molecule has 34 heavy (non-hydrogen) atoms. The van der Waals surface area contributed by atoms with Gasteiger partial charge in [-0.05, 0) is 71.1 Å². The van der Waals surface area contributed by atoms with E-state index in [1.165, 1.54) is 0 Å². The van der Waals surface area contributed by atoms with Crippen molar-refractivity contribution in [3.05, 3.63) is 42.0 Å². The van der Waals surface area contributed by atoms with Crippen molar-refractivity contribution in [2.75, 3.05) is 6.54 Å². The number of alkyl carbamates (subject to hydrolysis) is 1. The lowest BCUT2D eigenvalue weighted by atomic mass is 9.96. The first-order chi connectivity index (χ1) is 15.6. The summed E-state index contributed by atoms with van der Waals surface area (Å²) in [6.45, 7) is 20.8. The highest BCUT2D eigenvalue weighted by molar-refractivity contribution is 5.92. The molecule has 7 nitrogen and oxygen atoms in total. The van der Waals surface area contributed by atoms with Gasteiger partial charge in [-0.1, -0.05) is 51.6 Å². The third-order valence-electron chi connectivity index (χ3n) is 4.87. The summed E-state index contributed by atoms with van der Waals surface area (Å²) in [5, 5.41) is 5.75. The molecule has 0 bridgehead atoms. The van der Waals surface area contributed by atoms with Crippen LogP contribution in [0, 0.1) is 5.92 Å². The Bertz CT molecular complexity index is 865. The lowest BCUT2D eigenvalue weighted by Crippen LogP contribution is -2.56. The summed E-state index contributed by atoms with van der Waals surface area (Å²) in [5.74, 6) is -0.832. The predicted octanol–water partition coefficient (Wildman–Crippen LogP) is 5.07. The molecular formula is C27H43N3O4. The number of hydrogen-bond acceptors (Lipinski definition) is 4. The van der Waals surface area contributed by atoms with Gasteiger partial charge in [0.15, 0.2) is 0 Å². The third kappa shape index (κ3) is 9.20. The second-order valence-corrected chi connectivity index (χ2v) is 10.9. The Hall–Kier alpha value is -2.83. The number of benzene rings is 1. The second kappa shape index (κ2) is 12.0. The average molecular weight is 474 g/mol. The Morgan fingerprint density at radius 1 is 1.12 bits per heavy atom. The van der Waals surface area contributed by atoms with E-state index in [1.54, 1.807) is 31.7 Å². The van der Waals surface area contributed by atoms with Crippen molar-refractivity contribution < 1.29 is 19.1 Å². The quantitative estimate of drug-likeness (QED) is 0.524. The SMILES string of the molecule is C=Cc1cccc(C(C(=O)NC(C)(C)C)N(CCC)C(=O)C(NC(=O)OC(C)(C)C)C(C)C)c1. The van der Waals surface area contributed by atoms with Crippen LogP contribution >= 0.6 is 0 Å². The minimum absolute atomic E-state index is 0.217. The van der Waals surface area contributed by atoms with E-state index in [0.29, 0.717) is 18.5 Å². The molecule has 0 fully saturated rings. The predicted molar refractivity (Wildman–Crippen MR) is 137 cm³/mol. The molecule has 1 aromatic rings. The van der Waals surface area contributed by atoms with Gasteiger partial charge >= 0.3 is 6.09 Å². The highest BCUT2D eigenvalue weighted by Crippen LogP contribution is 2.26. The number of carbonyl (C=O) groups is 3. The molecular weight excluding hydrogens is 430 g/mol. The van der Waals surface area contributed by atoms with Crippen LogP contribution in [0.2, 0.25) is 0 Å². The summed E-state index contributed by atoms with van der Waals surface area (Å²) >= 11 is 0. The third-order valence-corrected chi connectivity index (χ3v) is 4.87. The summed E-state index contributed by atoms with van der Waals surface area (Å²) in [6, 6.07) is 5.71. The maximum Gasteiger partial charge on any atom is 0.408 e. The Kier molecular flexibility index (Phi) is 10.3. The van der Waals surface area contributed by atoms with E-state index in [4.69, 9.17) is 4.74 Å². The van der Waals surface area contributed by atoms with Gasteiger partial charge in [0.25, 0.3) is 0 Å². The zero-order valence-electron chi connectivity index (χ0n) is 22.3. The molecule has 0 aliphatic rings. The summed E-state index contributed by atoms with van der Waals surface area (Å²) in [5.41, 5.74) is 0.347. The molecule has 2 atom stereocenters. The van der Waals surface area contributed by atoms with Crippen molar-refractivity contribution in [2.24, 2.45) is 5.92 Å². The first-order valence-electron chi connectivity index (χ1n) is 11.9. The molecule has 0 aromatic heterocycles. The Balaban J connectivity index is 3.49. The first kappa shape index (κ1) is 29.2. The standard InChI is InChI=1S/C27H43N3O4/c1-11-16-30(24(32)21(18(3)4)28-25(33)34-27(8,9)10)22(23(31)29-26(5,6)7)20-15-13-14-19(12-2)17-20/h12-15,17-18,21-22H,2,11,16H2,1,3-10H3,(H,28,33)(H,29,31). The molecule has 1 aromatic carbocycles. The van der Waals surface area contributed by atoms with E-state index in [-0.39, 0.29) is 17.7 Å². The van der Waals surface area contributed by atoms with Gasteiger partial charge in [-0.15, -0.1) is 0 Å². The smallest absolute Gasteiger partial charge is 0.408 e. The fraction of sp³-hybridized carbons (Fsp3) is 0.593. The number of rotatable bonds is 9. The van der Waals surface area contributed by atoms with Crippen molar-refractivity contribution in [3.63, 3.8) is 0 Å². The summed E-state index contributed by atoms with van der Waals surface area (Å²) in [7, 11) is 0. The lowest BCUT2D eigenvalue weighted by molar-refractivity contribution is -0.144. The molecule has 0 heterocycles. The molecule has 0 saturated heterocycles. The van der Waals surface area contributed by atoms with E-state index in [0.717, 1.165) is 5.56 Å². The molecule has 2 N–H and O–H groups in total. The van der Waals surface area contributed by atoms with Crippen LogP contribution in [-0.2, 0) is 14.3 Å². The van der Waals surface area contributed by atoms with E-state index in [2.05, 4.69) is 17.2 Å². The van der Waals surface area contributed by atoms with E-state index in [9.17, 15) is 14.4 Å². The molecule has 0 saturated carbocycles. The summed E-state index contributed by atoms with van der Waals surface area (Å²) in [4.78, 5) is 41.5. The number of carbonyl (C=O) groups excluding carboxylic acids is 3. The normalized spacial score (nSPS) is 13.6. The molecule has 0 radical (unpaired) electrons. The van der Waals surface area contributed by atoms with Crippen LogP contribution in [0.15, 0.2) is 30.8 Å². The Morgan fingerprint density at radius 3 is 2.21 bits per heavy atom. The second-order valence-electron chi connectivity index (χ2n) is 10.9. The maximum absolute atomic E-state index is 13.9. The molecule has 7 heteroatoms. The van der Waals surface area contributed by atoms with Gasteiger partial charge in [0.2, 0.25) is 11.8 Å². The minimum Gasteiger partial charge on any atom is -0.444 e. The van der Waals surface area contributed by atoms with Crippen LogP contribution in [-0.4, -0.2) is 46.5 Å². The number of hydrogen-bond donors (Lipinski definition) is 2. The highest BCUT2D eigenvalue weighted by Gasteiger charge is 2.38. The Morgan fingerprint density at radius 2 is 1.74 bits per heavy atom. The zero-order chi connectivity index (χ0) is 26.3. The van der Waals surface area contributed by atoms with Gasteiger partial charge < -0.3 is 20.3 Å². The molecule has 190 valence electrons. The van der Waals surface area contributed by atoms with E-state index < -0.39 is 29.3 Å². The number of nitrogens with one attached hydrogen (secondary N) is 2. The average Bonchev–Trinajstić information content (AvgIpc) is 2.68. The summed E-state index contributed by atoms with van der Waals surface area (Å²) in [6.07, 6.45) is 1.68. The molecule has 2 unspecified atom stereocenters. The molecule has 0 aliphatic carbocycles. The van der Waals surface area contributed by atoms with Crippen molar-refractivity contribution in [1.29, 1.82) is 0 Å². The maximum atomic E-state index is 13.9. The van der Waals surface area contributed by atoms with Crippen LogP contribution in [0.1, 0.15) is 85.9 Å². The van der Waals surface area contributed by atoms with Crippen LogP contribution in [0.5, 0.6) is 0 Å². The number of amides is 3. The monoisotopic (exact) mass is 473 g/mol. The van der Waals surface area contributed by atoms with Crippen molar-refractivity contribution in [1.82, 2.24) is 15.5 Å². The minimum atomic E-state index is -0.867. The van der Waals surface area contributed by atoms with Crippen LogP contribution in [0.4, 0.5) is 4.79 Å². The number of nitrogens with zero attached hydrogens (tertiary/aromatic N) is 1. The van der Waals surface area contributed by atoms with Gasteiger partial charge in [0.05, 0.1) is 0 Å². The van der Waals surface area contributed by atoms with Gasteiger partial charge in [-0.25, -0.2) is 4.79 Å². The molecule has 0 aliphatic heterocycles. The molecule has 0 spiro atoms. The van der Waals surface area contributed by atoms with Crippen molar-refractivity contribution >= 4 is 24.0 Å². The summed E-state index contributed by atoms with van der Waals surface area (Å²) < 4.78 is 5.39. The zero-order valence-corrected chi connectivity index (χ0v) is 22.3. The van der Waals surface area contributed by atoms with Crippen molar-refractivity contribution in [3.8, 4) is 0 Å². The lowest BCUT2D eigenvalue weighted by Gasteiger charge is -2.36. The van der Waals surface area contributed by atoms with Gasteiger partial charge in [0, 0.05) is 12.1 Å². The fourth-order valence-electron chi connectivity index (χ4n) is 3.50. The fourth-order valence-corrected chi connectivity index (χ4v) is 3.50. The van der Waals surface area contributed by atoms with Gasteiger partial charge in [-0.3, -0.25) is 9.59 Å². The van der Waals surface area contributed by atoms with Gasteiger partial charge in [0.1, 0.15) is 17.7 Å². The topological polar surface area (TPSA) is 87.7 Å². The van der Waals surface area contributed by atoms with Crippen LogP contribution in [0.25, 0.3) is 6.08 Å². The van der Waals surface area contributed by atoms with Crippen LogP contribution in [0.3, 0.4) is 0 Å². The largest absolute Gasteiger partial charge is 0.444 e. The van der Waals surface area contributed by atoms with E-state index >= 15 is 0 Å². The van der Waals surface area contributed by atoms with E-state index in [1.807, 2.05) is 65.8 Å². The Labute approximate surface area is 205 Å².